The molecule has 1 rings (SSSR count). The van der Waals surface area contributed by atoms with E-state index in [9.17, 15) is 0 Å². The summed E-state index contributed by atoms with van der Waals surface area (Å²) in [5.74, 6) is 0. The molecule has 0 fully saturated rings. The highest BCUT2D eigenvalue weighted by Crippen LogP contribution is 1.95. The maximum atomic E-state index is 8.99. The van der Waals surface area contributed by atoms with E-state index in [2.05, 4.69) is 4.99 Å². The third-order valence-corrected chi connectivity index (χ3v) is 1.32. The summed E-state index contributed by atoms with van der Waals surface area (Å²) in [4.78, 5) is 2.58. The van der Waals surface area contributed by atoms with Crippen molar-refractivity contribution in [3.63, 3.8) is 0 Å². The highest BCUT2D eigenvalue weighted by atomic mass is 16.3. The van der Waals surface area contributed by atoms with Crippen LogP contribution in [0.2, 0.25) is 0 Å². The van der Waals surface area contributed by atoms with Gasteiger partial charge in [-0.05, 0) is 0 Å². The average molecular weight is 193 g/mol. The fourth-order valence-corrected chi connectivity index (χ4v) is 0.713. The molecule has 14 heavy (non-hydrogen) atoms. The minimum atomic E-state index is -0.425. The van der Waals surface area contributed by atoms with E-state index in [1.165, 1.54) is 12.2 Å². The topological polar surface area (TPSA) is 87.5 Å². The molecule has 1 aromatic rings. The molecule has 0 saturated heterocycles. The lowest BCUT2D eigenvalue weighted by Gasteiger charge is -1.94. The molecule has 1 heterocycles. The number of nitriles is 1. The first-order valence-corrected chi connectivity index (χ1v) is 3.80. The third kappa shape index (κ3) is 4.83. The predicted molar refractivity (Wildman–Crippen MR) is 48.9 cm³/mol. The summed E-state index contributed by atoms with van der Waals surface area (Å²) in [6.07, 6.45) is 6.39. The van der Waals surface area contributed by atoms with E-state index in [-0.39, 0.29) is 0 Å². The summed E-state index contributed by atoms with van der Waals surface area (Å²) in [5.41, 5.74) is 0. The molecule has 6 heteroatoms. The van der Waals surface area contributed by atoms with Gasteiger partial charge in [-0.2, -0.15) is 5.26 Å². The van der Waals surface area contributed by atoms with Gasteiger partial charge in [0.25, 0.3) is 0 Å². The second kappa shape index (κ2) is 6.54. The lowest BCUT2D eigenvalue weighted by Crippen LogP contribution is -2.24. The fourth-order valence-electron chi connectivity index (χ4n) is 0.713. The van der Waals surface area contributed by atoms with Gasteiger partial charge in [0.05, 0.1) is 13.2 Å². The largest absolute Gasteiger partial charge is 0.422 e. The number of aromatic nitrogens is 2. The zero-order valence-electron chi connectivity index (χ0n) is 7.99. The molecule has 0 amide bonds. The molecule has 0 spiro atoms. The van der Waals surface area contributed by atoms with Gasteiger partial charge in [0.1, 0.15) is 12.4 Å². The lowest BCUT2D eigenvalue weighted by molar-refractivity contribution is -0.671. The normalized spacial score (nSPS) is 10.1. The molecular formula is C8H11N5O. The van der Waals surface area contributed by atoms with E-state index in [1.54, 1.807) is 11.5 Å². The molecule has 0 saturated carbocycles. The Morgan fingerprint density at radius 2 is 2.36 bits per heavy atom. The van der Waals surface area contributed by atoms with Gasteiger partial charge in [0.2, 0.25) is 6.33 Å². The Morgan fingerprint density at radius 1 is 1.71 bits per heavy atom. The van der Waals surface area contributed by atoms with Crippen LogP contribution in [0.3, 0.4) is 0 Å². The highest BCUT2D eigenvalue weighted by Gasteiger charge is 2.03. The molecule has 0 aromatic carbocycles. The molecule has 0 aliphatic carbocycles. The Bertz CT molecular complexity index is 356. The highest BCUT2D eigenvalue weighted by molar-refractivity contribution is 5.46. The molecule has 0 bridgehead atoms. The number of aliphatic hydroxyl groups is 1. The Kier molecular flexibility index (Phi) is 5.63. The number of nitrogens with zero attached hydrogens (tertiary/aromatic N) is 5. The molecule has 1 aromatic heterocycles. The summed E-state index contributed by atoms with van der Waals surface area (Å²) in [6.45, 7) is 1.72. The lowest BCUT2D eigenvalue weighted by atomic mass is 10.6. The Hall–Kier alpha value is -1.96. The number of hydrogen-bond donors (Lipinski definition) is 1. The molecule has 0 aliphatic heterocycles. The van der Waals surface area contributed by atoms with Crippen LogP contribution in [0.4, 0.5) is 0 Å². The molecule has 0 radical (unpaired) electrons. The van der Waals surface area contributed by atoms with Crippen molar-refractivity contribution in [2.24, 2.45) is 12.0 Å². The first-order valence-electron chi connectivity index (χ1n) is 3.80. The van der Waals surface area contributed by atoms with E-state index in [0.717, 1.165) is 0 Å². The van der Waals surface area contributed by atoms with Gasteiger partial charge >= 0.3 is 0 Å². The van der Waals surface area contributed by atoms with Crippen molar-refractivity contribution in [3.8, 4) is 6.19 Å². The minimum Gasteiger partial charge on any atom is -0.422 e. The second-order valence-electron chi connectivity index (χ2n) is 2.47. The van der Waals surface area contributed by atoms with Crippen molar-refractivity contribution in [1.82, 2.24) is 4.57 Å². The smallest absolute Gasteiger partial charge is 0.245 e. The number of aliphatic imine (C=N–C) groups is 1. The molecule has 0 aliphatic rings. The van der Waals surface area contributed by atoms with E-state index < -0.39 is 6.23 Å². The Labute approximate surface area is 81.9 Å². The summed E-state index contributed by atoms with van der Waals surface area (Å²) in [5, 5.41) is 23.8. The van der Waals surface area contributed by atoms with Crippen molar-refractivity contribution in [1.29, 1.82) is 5.26 Å². The van der Waals surface area contributed by atoms with Gasteiger partial charge in [0, 0.05) is 6.92 Å². The molecule has 1 N–H and O–H groups in total. The first-order chi connectivity index (χ1) is 6.61. The van der Waals surface area contributed by atoms with Gasteiger partial charge < -0.3 is 15.5 Å². The standard InChI is InChI=1S/C6H11N2O.C2N3/c1-6(9)8-4-3-7(2)5-8;3-1-5-2-4/h3-6,9H,1-2H3;/q+1;-1. The van der Waals surface area contributed by atoms with Crippen LogP contribution in [0.25, 0.3) is 5.41 Å². The van der Waals surface area contributed by atoms with E-state index in [4.69, 9.17) is 15.8 Å². The van der Waals surface area contributed by atoms with Crippen LogP contribution in [-0.4, -0.2) is 15.7 Å². The van der Waals surface area contributed by atoms with E-state index in [1.807, 2.05) is 30.3 Å². The first kappa shape index (κ1) is 12.0. The van der Waals surface area contributed by atoms with Gasteiger partial charge in [-0.3, -0.25) is 0 Å². The van der Waals surface area contributed by atoms with Gasteiger partial charge in [0.15, 0.2) is 6.23 Å². The zero-order valence-corrected chi connectivity index (χ0v) is 7.99. The molecule has 74 valence electrons. The monoisotopic (exact) mass is 193 g/mol. The van der Waals surface area contributed by atoms with Crippen LogP contribution < -0.4 is 4.57 Å². The van der Waals surface area contributed by atoms with Gasteiger partial charge in [-0.25, -0.2) is 9.13 Å². The second-order valence-corrected chi connectivity index (χ2v) is 2.47. The third-order valence-electron chi connectivity index (χ3n) is 1.32. The van der Waals surface area contributed by atoms with Gasteiger partial charge in [-0.1, -0.05) is 0 Å². The zero-order chi connectivity index (χ0) is 11.0. The molecule has 6 nitrogen and oxygen atoms in total. The van der Waals surface area contributed by atoms with Crippen LogP contribution in [0, 0.1) is 11.5 Å². The van der Waals surface area contributed by atoms with Crippen molar-refractivity contribution < 1.29 is 9.67 Å². The Morgan fingerprint density at radius 3 is 2.50 bits per heavy atom. The molecule has 1 unspecified atom stereocenters. The van der Waals surface area contributed by atoms with Crippen molar-refractivity contribution in [2.75, 3.05) is 0 Å². The minimum absolute atomic E-state index is 0.425. The van der Waals surface area contributed by atoms with E-state index >= 15 is 0 Å². The number of rotatable bonds is 1. The Balaban J connectivity index is 0.000000292. The maximum absolute atomic E-state index is 8.99. The summed E-state index contributed by atoms with van der Waals surface area (Å²) >= 11 is 0. The average Bonchev–Trinajstić information content (AvgIpc) is 2.54. The number of aryl methyl sites for hydroxylation is 1. The van der Waals surface area contributed by atoms with Crippen LogP contribution in [0.1, 0.15) is 13.2 Å². The number of aliphatic hydroxyl groups excluding tert-OH is 1. The van der Waals surface area contributed by atoms with Crippen LogP contribution in [-0.2, 0) is 7.05 Å². The van der Waals surface area contributed by atoms with E-state index in [0.29, 0.717) is 0 Å². The quantitative estimate of drug-likeness (QED) is 0.387. The molecular weight excluding hydrogens is 182 g/mol. The molecule has 1 atom stereocenters. The SMILES string of the molecule is CC(O)n1cc[n+](C)c1.N#CN=C=[N-]. The maximum Gasteiger partial charge on any atom is 0.245 e. The van der Waals surface area contributed by atoms with Crippen molar-refractivity contribution in [3.05, 3.63) is 24.1 Å². The van der Waals surface area contributed by atoms with Crippen LogP contribution in [0.15, 0.2) is 23.7 Å². The van der Waals surface area contributed by atoms with Crippen LogP contribution in [0.5, 0.6) is 0 Å². The predicted octanol–water partition coefficient (Wildman–Crippen LogP) is 0.0342. The number of imidazole rings is 1. The number of hydrogen-bond acceptors (Lipinski definition) is 3. The van der Waals surface area contributed by atoms with Gasteiger partial charge in [-0.15, -0.1) is 6.01 Å². The van der Waals surface area contributed by atoms with Crippen molar-refractivity contribution in [2.45, 2.75) is 13.2 Å². The summed E-state index contributed by atoms with van der Waals surface area (Å²) in [7, 11) is 1.92. The summed E-state index contributed by atoms with van der Waals surface area (Å²) in [6, 6.07) is 1.28. The summed E-state index contributed by atoms with van der Waals surface area (Å²) < 4.78 is 3.60. The van der Waals surface area contributed by atoms with Crippen LogP contribution >= 0.6 is 0 Å². The van der Waals surface area contributed by atoms with Crippen molar-refractivity contribution >= 4 is 6.01 Å². The fraction of sp³-hybridized carbons (Fsp3) is 0.375.